The Morgan fingerprint density at radius 1 is 1.26 bits per heavy atom. The molecule has 0 spiro atoms. The van der Waals surface area contributed by atoms with Crippen LogP contribution in [0.3, 0.4) is 0 Å². The number of halogens is 1. The average molecular weight is 400 g/mol. The average Bonchev–Trinajstić information content (AvgIpc) is 3.21. The zero-order valence-electron chi connectivity index (χ0n) is 15.8. The fourth-order valence-corrected chi connectivity index (χ4v) is 4.63. The number of carbonyl (C=O) groups excluding carboxylic acids is 1. The van der Waals surface area contributed by atoms with E-state index >= 15 is 0 Å². The van der Waals surface area contributed by atoms with Crippen LogP contribution < -0.4 is 4.90 Å². The van der Waals surface area contributed by atoms with Gasteiger partial charge in [-0.1, -0.05) is 29.3 Å². The lowest BCUT2D eigenvalue weighted by atomic mass is 9.99. The van der Waals surface area contributed by atoms with Gasteiger partial charge in [0.2, 0.25) is 0 Å². The summed E-state index contributed by atoms with van der Waals surface area (Å²) >= 11 is 7.74. The molecule has 4 nitrogen and oxygen atoms in total. The second-order valence-corrected chi connectivity index (χ2v) is 8.44. The summed E-state index contributed by atoms with van der Waals surface area (Å²) in [4.78, 5) is 15.8. The van der Waals surface area contributed by atoms with Crippen molar-refractivity contribution in [1.82, 2.24) is 9.78 Å². The van der Waals surface area contributed by atoms with Crippen LogP contribution in [-0.4, -0.2) is 22.2 Å². The molecule has 0 N–H and O–H groups in total. The van der Waals surface area contributed by atoms with E-state index in [1.165, 1.54) is 22.5 Å². The van der Waals surface area contributed by atoms with Crippen LogP contribution in [0, 0.1) is 20.8 Å². The minimum Gasteiger partial charge on any atom is -0.307 e. The SMILES string of the molecule is Cc1ccc2c(c1)CCCN2C(=O)c1cc(Cn2nc(C)c(Cl)c2C)cs1. The molecule has 0 saturated heterocycles. The van der Waals surface area contributed by atoms with E-state index in [-0.39, 0.29) is 5.91 Å². The number of hydrogen-bond acceptors (Lipinski definition) is 3. The molecular formula is C21H22ClN3OS. The maximum Gasteiger partial charge on any atom is 0.268 e. The topological polar surface area (TPSA) is 38.1 Å². The highest BCUT2D eigenvalue weighted by Crippen LogP contribution is 2.30. The molecule has 0 unspecified atom stereocenters. The molecule has 0 saturated carbocycles. The predicted molar refractivity (Wildman–Crippen MR) is 111 cm³/mol. The van der Waals surface area contributed by atoms with E-state index in [0.717, 1.165) is 46.9 Å². The van der Waals surface area contributed by atoms with Gasteiger partial charge in [-0.3, -0.25) is 9.48 Å². The van der Waals surface area contributed by atoms with Crippen LogP contribution in [-0.2, 0) is 13.0 Å². The van der Waals surface area contributed by atoms with Crippen molar-refractivity contribution < 1.29 is 4.79 Å². The molecule has 2 aromatic heterocycles. The maximum atomic E-state index is 13.1. The molecule has 1 aliphatic rings. The monoisotopic (exact) mass is 399 g/mol. The highest BCUT2D eigenvalue weighted by molar-refractivity contribution is 7.12. The van der Waals surface area contributed by atoms with Crippen LogP contribution in [0.5, 0.6) is 0 Å². The number of thiophene rings is 1. The van der Waals surface area contributed by atoms with Gasteiger partial charge in [0.1, 0.15) is 0 Å². The lowest BCUT2D eigenvalue weighted by Gasteiger charge is -2.29. The first-order chi connectivity index (χ1) is 12.9. The van der Waals surface area contributed by atoms with E-state index in [1.54, 1.807) is 0 Å². The number of nitrogens with zero attached hydrogens (tertiary/aromatic N) is 3. The molecule has 140 valence electrons. The van der Waals surface area contributed by atoms with Crippen LogP contribution in [0.2, 0.25) is 5.02 Å². The molecule has 1 aromatic carbocycles. The van der Waals surface area contributed by atoms with Gasteiger partial charge in [-0.2, -0.15) is 5.10 Å². The third-order valence-corrected chi connectivity index (χ3v) is 6.60. The Kier molecular flexibility index (Phi) is 4.82. The molecule has 0 aliphatic carbocycles. The number of aromatic nitrogens is 2. The Bertz CT molecular complexity index is 1020. The second-order valence-electron chi connectivity index (χ2n) is 7.15. The van der Waals surface area contributed by atoms with Crippen LogP contribution in [0.15, 0.2) is 29.6 Å². The molecule has 0 radical (unpaired) electrons. The number of fused-ring (bicyclic) bond motifs is 1. The standard InChI is InChI=1S/C21H22ClN3OS/c1-13-6-7-18-17(9-13)5-4-8-24(18)21(26)19-10-16(12-27-19)11-25-15(3)20(22)14(2)23-25/h6-7,9-10,12H,4-5,8,11H2,1-3H3. The summed E-state index contributed by atoms with van der Waals surface area (Å²) in [6, 6.07) is 8.34. The lowest BCUT2D eigenvalue weighted by molar-refractivity contribution is 0.0989. The van der Waals surface area contributed by atoms with Gasteiger partial charge in [0.15, 0.2) is 0 Å². The molecule has 27 heavy (non-hydrogen) atoms. The van der Waals surface area contributed by atoms with Crippen molar-refractivity contribution in [1.29, 1.82) is 0 Å². The number of benzene rings is 1. The minimum absolute atomic E-state index is 0.0856. The van der Waals surface area contributed by atoms with E-state index in [1.807, 2.05) is 34.9 Å². The minimum atomic E-state index is 0.0856. The van der Waals surface area contributed by atoms with Gasteiger partial charge in [-0.15, -0.1) is 11.3 Å². The molecule has 1 aliphatic heterocycles. The van der Waals surface area contributed by atoms with E-state index in [0.29, 0.717) is 11.6 Å². The van der Waals surface area contributed by atoms with Crippen LogP contribution in [0.4, 0.5) is 5.69 Å². The van der Waals surface area contributed by atoms with Gasteiger partial charge in [0, 0.05) is 12.2 Å². The van der Waals surface area contributed by atoms with Gasteiger partial charge >= 0.3 is 0 Å². The summed E-state index contributed by atoms with van der Waals surface area (Å²) < 4.78 is 1.90. The summed E-state index contributed by atoms with van der Waals surface area (Å²) in [6.45, 7) is 7.36. The summed E-state index contributed by atoms with van der Waals surface area (Å²) in [6.07, 6.45) is 2.04. The van der Waals surface area contributed by atoms with Gasteiger partial charge in [-0.25, -0.2) is 0 Å². The third kappa shape index (κ3) is 3.42. The highest BCUT2D eigenvalue weighted by Gasteiger charge is 2.24. The molecule has 0 atom stereocenters. The number of rotatable bonds is 3. The summed E-state index contributed by atoms with van der Waals surface area (Å²) in [7, 11) is 0. The van der Waals surface area contributed by atoms with Crippen molar-refractivity contribution in [2.75, 3.05) is 11.4 Å². The van der Waals surface area contributed by atoms with Crippen LogP contribution in [0.25, 0.3) is 0 Å². The van der Waals surface area contributed by atoms with E-state index < -0.39 is 0 Å². The third-order valence-electron chi connectivity index (χ3n) is 5.09. The molecule has 0 bridgehead atoms. The Morgan fingerprint density at radius 3 is 2.81 bits per heavy atom. The van der Waals surface area contributed by atoms with Crippen molar-refractivity contribution in [3.05, 3.63) is 67.6 Å². The van der Waals surface area contributed by atoms with Crippen molar-refractivity contribution in [2.24, 2.45) is 0 Å². The fraction of sp³-hybridized carbons (Fsp3) is 0.333. The summed E-state index contributed by atoms with van der Waals surface area (Å²) in [5.41, 5.74) is 6.42. The Hall–Kier alpha value is -2.11. The van der Waals surface area contributed by atoms with Gasteiger partial charge < -0.3 is 4.90 Å². The normalized spacial score (nSPS) is 13.7. The van der Waals surface area contributed by atoms with Crippen LogP contribution >= 0.6 is 22.9 Å². The summed E-state index contributed by atoms with van der Waals surface area (Å²) in [5.74, 6) is 0.0856. The predicted octanol–water partition coefficient (Wildman–Crippen LogP) is 5.16. The number of anilines is 1. The first-order valence-corrected chi connectivity index (χ1v) is 10.4. The van der Waals surface area contributed by atoms with E-state index in [9.17, 15) is 4.79 Å². The van der Waals surface area contributed by atoms with Gasteiger partial charge in [0.25, 0.3) is 5.91 Å². The fourth-order valence-electron chi connectivity index (χ4n) is 3.64. The number of carbonyl (C=O) groups is 1. The molecule has 4 rings (SSSR count). The quantitative estimate of drug-likeness (QED) is 0.609. The van der Waals surface area contributed by atoms with Crippen molar-refractivity contribution in [2.45, 2.75) is 40.2 Å². The first-order valence-electron chi connectivity index (χ1n) is 9.12. The first kappa shape index (κ1) is 18.3. The second kappa shape index (κ2) is 7.13. The lowest BCUT2D eigenvalue weighted by Crippen LogP contribution is -2.35. The maximum absolute atomic E-state index is 13.1. The summed E-state index contributed by atoms with van der Waals surface area (Å²) in [5, 5.41) is 7.23. The number of amides is 1. The van der Waals surface area contributed by atoms with Gasteiger partial charge in [-0.05, 0) is 62.3 Å². The largest absolute Gasteiger partial charge is 0.307 e. The molecule has 6 heteroatoms. The Balaban J connectivity index is 1.57. The van der Waals surface area contributed by atoms with Crippen LogP contribution in [0.1, 0.15) is 44.2 Å². The van der Waals surface area contributed by atoms with E-state index in [2.05, 4.69) is 30.2 Å². The zero-order chi connectivity index (χ0) is 19.1. The zero-order valence-corrected chi connectivity index (χ0v) is 17.3. The smallest absolute Gasteiger partial charge is 0.268 e. The highest BCUT2D eigenvalue weighted by atomic mass is 35.5. The number of aryl methyl sites for hydroxylation is 3. The van der Waals surface area contributed by atoms with Crippen molar-refractivity contribution >= 4 is 34.5 Å². The molecule has 0 fully saturated rings. The molecule has 1 amide bonds. The molecule has 3 aromatic rings. The Labute approximate surface area is 168 Å². The Morgan fingerprint density at radius 2 is 2.07 bits per heavy atom. The van der Waals surface area contributed by atoms with Crippen molar-refractivity contribution in [3.63, 3.8) is 0 Å². The molecule has 3 heterocycles. The van der Waals surface area contributed by atoms with Crippen molar-refractivity contribution in [3.8, 4) is 0 Å². The van der Waals surface area contributed by atoms with Gasteiger partial charge in [0.05, 0.1) is 27.8 Å². The molecular weight excluding hydrogens is 378 g/mol. The number of hydrogen-bond donors (Lipinski definition) is 0. The van der Waals surface area contributed by atoms with E-state index in [4.69, 9.17) is 11.6 Å².